The molecule has 1 unspecified atom stereocenters. The highest BCUT2D eigenvalue weighted by molar-refractivity contribution is 5.41. The molecule has 0 saturated carbocycles. The molecule has 3 nitrogen and oxygen atoms in total. The molecule has 0 amide bonds. The van der Waals surface area contributed by atoms with Gasteiger partial charge in [-0.3, -0.25) is 0 Å². The zero-order chi connectivity index (χ0) is 13.9. The van der Waals surface area contributed by atoms with Gasteiger partial charge in [0.2, 0.25) is 0 Å². The SMILES string of the molecule is COc1ccc(CNC2CCNC2)cc1C(C)(C)C. The Labute approximate surface area is 116 Å². The van der Waals surface area contributed by atoms with Gasteiger partial charge in [0.25, 0.3) is 0 Å². The zero-order valence-corrected chi connectivity index (χ0v) is 12.5. The van der Waals surface area contributed by atoms with E-state index in [1.807, 2.05) is 0 Å². The third-order valence-electron chi connectivity index (χ3n) is 3.73. The van der Waals surface area contributed by atoms with Crippen molar-refractivity contribution in [2.24, 2.45) is 0 Å². The van der Waals surface area contributed by atoms with Crippen molar-refractivity contribution in [1.29, 1.82) is 0 Å². The van der Waals surface area contributed by atoms with Crippen LogP contribution in [0.2, 0.25) is 0 Å². The summed E-state index contributed by atoms with van der Waals surface area (Å²) in [5.74, 6) is 0.985. The van der Waals surface area contributed by atoms with Crippen LogP contribution in [0.1, 0.15) is 38.3 Å². The first-order valence-electron chi connectivity index (χ1n) is 7.12. The lowest BCUT2D eigenvalue weighted by molar-refractivity contribution is 0.397. The quantitative estimate of drug-likeness (QED) is 0.874. The topological polar surface area (TPSA) is 33.3 Å². The van der Waals surface area contributed by atoms with Crippen LogP contribution in [-0.4, -0.2) is 26.2 Å². The molecule has 1 aromatic carbocycles. The monoisotopic (exact) mass is 262 g/mol. The van der Waals surface area contributed by atoms with Crippen LogP contribution in [0.15, 0.2) is 18.2 Å². The minimum atomic E-state index is 0.107. The molecule has 0 bridgehead atoms. The fourth-order valence-corrected chi connectivity index (χ4v) is 2.54. The molecule has 2 N–H and O–H groups in total. The molecule has 1 aromatic rings. The van der Waals surface area contributed by atoms with E-state index in [1.54, 1.807) is 7.11 Å². The lowest BCUT2D eigenvalue weighted by Crippen LogP contribution is -2.30. The van der Waals surface area contributed by atoms with E-state index in [-0.39, 0.29) is 5.41 Å². The summed E-state index contributed by atoms with van der Waals surface area (Å²) < 4.78 is 5.47. The van der Waals surface area contributed by atoms with Crippen molar-refractivity contribution < 1.29 is 4.74 Å². The van der Waals surface area contributed by atoms with E-state index < -0.39 is 0 Å². The van der Waals surface area contributed by atoms with Gasteiger partial charge in [0.1, 0.15) is 5.75 Å². The van der Waals surface area contributed by atoms with E-state index in [0.717, 1.165) is 25.4 Å². The fraction of sp³-hybridized carbons (Fsp3) is 0.625. The van der Waals surface area contributed by atoms with Crippen LogP contribution < -0.4 is 15.4 Å². The van der Waals surface area contributed by atoms with Gasteiger partial charge in [-0.05, 0) is 35.6 Å². The molecular formula is C16H26N2O. The van der Waals surface area contributed by atoms with Crippen molar-refractivity contribution in [2.75, 3.05) is 20.2 Å². The number of methoxy groups -OCH3 is 1. The molecule has 1 aliphatic rings. The number of benzene rings is 1. The fourth-order valence-electron chi connectivity index (χ4n) is 2.54. The maximum absolute atomic E-state index is 5.47. The van der Waals surface area contributed by atoms with E-state index in [1.165, 1.54) is 17.5 Å². The Morgan fingerprint density at radius 3 is 2.74 bits per heavy atom. The number of ether oxygens (including phenoxy) is 1. The smallest absolute Gasteiger partial charge is 0.122 e. The highest BCUT2D eigenvalue weighted by Gasteiger charge is 2.19. The molecule has 106 valence electrons. The van der Waals surface area contributed by atoms with Crippen LogP contribution in [0.4, 0.5) is 0 Å². The second-order valence-electron chi connectivity index (χ2n) is 6.36. The molecule has 1 atom stereocenters. The van der Waals surface area contributed by atoms with Gasteiger partial charge >= 0.3 is 0 Å². The molecule has 1 aliphatic heterocycles. The molecule has 19 heavy (non-hydrogen) atoms. The van der Waals surface area contributed by atoms with Crippen LogP contribution in [0, 0.1) is 0 Å². The van der Waals surface area contributed by atoms with Crippen LogP contribution in [0.25, 0.3) is 0 Å². The number of nitrogens with one attached hydrogen (secondary N) is 2. The van der Waals surface area contributed by atoms with Crippen molar-refractivity contribution in [3.63, 3.8) is 0 Å². The molecule has 2 rings (SSSR count). The van der Waals surface area contributed by atoms with Crippen LogP contribution >= 0.6 is 0 Å². The molecule has 0 aliphatic carbocycles. The molecule has 0 radical (unpaired) electrons. The highest BCUT2D eigenvalue weighted by Crippen LogP contribution is 2.31. The Kier molecular flexibility index (Phi) is 4.48. The van der Waals surface area contributed by atoms with Gasteiger partial charge in [-0.25, -0.2) is 0 Å². The predicted molar refractivity (Wildman–Crippen MR) is 79.8 cm³/mol. The normalized spacial score (nSPS) is 19.7. The summed E-state index contributed by atoms with van der Waals surface area (Å²) in [4.78, 5) is 0. The van der Waals surface area contributed by atoms with Gasteiger partial charge in [0, 0.05) is 19.1 Å². The van der Waals surface area contributed by atoms with Crippen molar-refractivity contribution >= 4 is 0 Å². The Bertz CT molecular complexity index is 417. The lowest BCUT2D eigenvalue weighted by Gasteiger charge is -2.23. The standard InChI is InChI=1S/C16H26N2O/c1-16(2,3)14-9-12(5-6-15(14)19-4)10-18-13-7-8-17-11-13/h5-6,9,13,17-18H,7-8,10-11H2,1-4H3. The summed E-state index contributed by atoms with van der Waals surface area (Å²) in [5, 5.41) is 6.99. The van der Waals surface area contributed by atoms with Gasteiger partial charge in [-0.2, -0.15) is 0 Å². The third-order valence-corrected chi connectivity index (χ3v) is 3.73. The van der Waals surface area contributed by atoms with E-state index in [4.69, 9.17) is 4.74 Å². The Balaban J connectivity index is 2.08. The first kappa shape index (κ1) is 14.4. The summed E-state index contributed by atoms with van der Waals surface area (Å²) in [6, 6.07) is 7.13. The van der Waals surface area contributed by atoms with Crippen molar-refractivity contribution in [3.8, 4) is 5.75 Å². The summed E-state index contributed by atoms with van der Waals surface area (Å²) in [7, 11) is 1.74. The van der Waals surface area contributed by atoms with Gasteiger partial charge in [-0.1, -0.05) is 32.9 Å². The summed E-state index contributed by atoms with van der Waals surface area (Å²) in [6.07, 6.45) is 1.22. The number of hydrogen-bond donors (Lipinski definition) is 2. The van der Waals surface area contributed by atoms with Crippen LogP contribution in [0.5, 0.6) is 5.75 Å². The average Bonchev–Trinajstić information content (AvgIpc) is 2.88. The van der Waals surface area contributed by atoms with Gasteiger partial charge in [-0.15, -0.1) is 0 Å². The first-order valence-corrected chi connectivity index (χ1v) is 7.12. The largest absolute Gasteiger partial charge is 0.496 e. The van der Waals surface area contributed by atoms with Crippen molar-refractivity contribution in [3.05, 3.63) is 29.3 Å². The van der Waals surface area contributed by atoms with E-state index in [2.05, 4.69) is 49.6 Å². The molecule has 0 spiro atoms. The van der Waals surface area contributed by atoms with Gasteiger partial charge in [0.05, 0.1) is 7.11 Å². The zero-order valence-electron chi connectivity index (χ0n) is 12.5. The molecule has 1 heterocycles. The summed E-state index contributed by atoms with van der Waals surface area (Å²) >= 11 is 0. The molecule has 1 saturated heterocycles. The average molecular weight is 262 g/mol. The molecular weight excluding hydrogens is 236 g/mol. The minimum absolute atomic E-state index is 0.107. The van der Waals surface area contributed by atoms with Crippen molar-refractivity contribution in [2.45, 2.75) is 45.2 Å². The molecule has 0 aromatic heterocycles. The van der Waals surface area contributed by atoms with Crippen LogP contribution in [-0.2, 0) is 12.0 Å². The Morgan fingerprint density at radius 2 is 2.16 bits per heavy atom. The van der Waals surface area contributed by atoms with E-state index in [0.29, 0.717) is 6.04 Å². The Morgan fingerprint density at radius 1 is 1.37 bits per heavy atom. The summed E-state index contributed by atoms with van der Waals surface area (Å²) in [6.45, 7) is 9.82. The molecule has 3 heteroatoms. The number of hydrogen-bond acceptors (Lipinski definition) is 3. The van der Waals surface area contributed by atoms with Crippen molar-refractivity contribution in [1.82, 2.24) is 10.6 Å². The van der Waals surface area contributed by atoms with Crippen LogP contribution in [0.3, 0.4) is 0 Å². The highest BCUT2D eigenvalue weighted by atomic mass is 16.5. The number of rotatable bonds is 4. The lowest BCUT2D eigenvalue weighted by atomic mass is 9.85. The third kappa shape index (κ3) is 3.71. The first-order chi connectivity index (χ1) is 9.00. The van der Waals surface area contributed by atoms with Gasteiger partial charge < -0.3 is 15.4 Å². The maximum atomic E-state index is 5.47. The predicted octanol–water partition coefficient (Wildman–Crippen LogP) is 2.44. The minimum Gasteiger partial charge on any atom is -0.496 e. The Hall–Kier alpha value is -1.06. The second kappa shape index (κ2) is 5.93. The van der Waals surface area contributed by atoms with E-state index in [9.17, 15) is 0 Å². The van der Waals surface area contributed by atoms with Gasteiger partial charge in [0.15, 0.2) is 0 Å². The summed E-state index contributed by atoms with van der Waals surface area (Å²) in [5.41, 5.74) is 2.72. The maximum Gasteiger partial charge on any atom is 0.122 e. The van der Waals surface area contributed by atoms with E-state index >= 15 is 0 Å². The molecule has 1 fully saturated rings. The second-order valence-corrected chi connectivity index (χ2v) is 6.36.